The van der Waals surface area contributed by atoms with Crippen molar-refractivity contribution in [2.45, 2.75) is 64.2 Å². The lowest BCUT2D eigenvalue weighted by molar-refractivity contribution is -0.119. The zero-order chi connectivity index (χ0) is 19.7. The Morgan fingerprint density at radius 1 is 1.29 bits per heavy atom. The molecule has 1 aromatic carbocycles. The number of fused-ring (bicyclic) bond motifs is 1. The number of piperidine rings is 1. The Bertz CT molecular complexity index is 837. The highest BCUT2D eigenvalue weighted by atomic mass is 16.1. The zero-order valence-corrected chi connectivity index (χ0v) is 17.4. The van der Waals surface area contributed by atoms with Crippen LogP contribution < -0.4 is 5.32 Å². The third kappa shape index (κ3) is 3.67. The Morgan fingerprint density at radius 3 is 2.75 bits per heavy atom. The molecule has 2 aromatic rings. The van der Waals surface area contributed by atoms with E-state index < -0.39 is 0 Å². The van der Waals surface area contributed by atoms with E-state index in [9.17, 15) is 4.79 Å². The van der Waals surface area contributed by atoms with Gasteiger partial charge in [0.2, 0.25) is 5.91 Å². The Hall–Kier alpha value is -1.92. The molecule has 2 aliphatic rings. The molecule has 2 fully saturated rings. The number of rotatable bonds is 5. The molecule has 0 aliphatic carbocycles. The number of likely N-dealkylation sites (tertiary alicyclic amines) is 2. The summed E-state index contributed by atoms with van der Waals surface area (Å²) in [6, 6.07) is 8.77. The minimum Gasteiger partial charge on any atom is -0.352 e. The van der Waals surface area contributed by atoms with E-state index >= 15 is 0 Å². The van der Waals surface area contributed by atoms with Crippen molar-refractivity contribution in [3.05, 3.63) is 30.1 Å². The van der Waals surface area contributed by atoms with Crippen LogP contribution in [-0.4, -0.2) is 63.5 Å². The number of amides is 1. The molecular formula is C22H33N5O. The summed E-state index contributed by atoms with van der Waals surface area (Å²) >= 11 is 0. The summed E-state index contributed by atoms with van der Waals surface area (Å²) in [5, 5.41) is 3.12. The second kappa shape index (κ2) is 7.84. The average molecular weight is 384 g/mol. The molecule has 3 heterocycles. The fourth-order valence-corrected chi connectivity index (χ4v) is 5.22. The molecule has 1 spiro atoms. The summed E-state index contributed by atoms with van der Waals surface area (Å²) < 4.78 is 2.40. The maximum atomic E-state index is 11.4. The van der Waals surface area contributed by atoms with Crippen LogP contribution in [0.5, 0.6) is 0 Å². The fraction of sp³-hybridized carbons (Fsp3) is 0.636. The summed E-state index contributed by atoms with van der Waals surface area (Å²) in [5.41, 5.74) is 2.60. The first-order valence-corrected chi connectivity index (χ1v) is 10.7. The van der Waals surface area contributed by atoms with Gasteiger partial charge in [0.15, 0.2) is 0 Å². The van der Waals surface area contributed by atoms with Crippen LogP contribution in [0.3, 0.4) is 0 Å². The lowest BCUT2D eigenvalue weighted by atomic mass is 9.84. The van der Waals surface area contributed by atoms with Crippen molar-refractivity contribution in [1.82, 2.24) is 24.7 Å². The number of imidazole rings is 1. The van der Waals surface area contributed by atoms with Crippen molar-refractivity contribution in [3.8, 4) is 0 Å². The van der Waals surface area contributed by atoms with E-state index in [4.69, 9.17) is 4.98 Å². The van der Waals surface area contributed by atoms with Gasteiger partial charge in [-0.3, -0.25) is 14.6 Å². The van der Waals surface area contributed by atoms with Crippen molar-refractivity contribution in [3.63, 3.8) is 0 Å². The van der Waals surface area contributed by atoms with Gasteiger partial charge in [-0.05, 0) is 44.9 Å². The first-order valence-electron chi connectivity index (χ1n) is 10.7. The van der Waals surface area contributed by atoms with Crippen molar-refractivity contribution in [2.75, 3.05) is 26.7 Å². The number of carbonyl (C=O) groups is 1. The van der Waals surface area contributed by atoms with E-state index in [0.717, 1.165) is 63.9 Å². The number of hydrogen-bond donors (Lipinski definition) is 1. The quantitative estimate of drug-likeness (QED) is 0.862. The first-order chi connectivity index (χ1) is 13.5. The SMILES string of the molecule is CCCn1c(CN2CCC3(CC2)C[C@H](NC(C)=O)CN3C)nc2ccccc21. The lowest BCUT2D eigenvalue weighted by Crippen LogP contribution is -2.50. The molecular weight excluding hydrogens is 350 g/mol. The molecule has 28 heavy (non-hydrogen) atoms. The Balaban J connectivity index is 1.43. The fourth-order valence-electron chi connectivity index (χ4n) is 5.22. The van der Waals surface area contributed by atoms with Crippen LogP contribution in [0.25, 0.3) is 11.0 Å². The standard InChI is InChI=1S/C22H33N5O/c1-4-11-27-20-8-6-5-7-19(20)24-21(27)16-26-12-9-22(10-13-26)14-18(15-25(22)3)23-17(2)28/h5-8,18H,4,9-16H2,1-3H3,(H,23,28)/t18-/m0/s1. The Kier molecular flexibility index (Phi) is 5.43. The maximum absolute atomic E-state index is 11.4. The molecule has 1 atom stereocenters. The van der Waals surface area contributed by atoms with Crippen LogP contribution in [0.15, 0.2) is 24.3 Å². The first kappa shape index (κ1) is 19.4. The molecule has 0 radical (unpaired) electrons. The van der Waals surface area contributed by atoms with Crippen LogP contribution >= 0.6 is 0 Å². The van der Waals surface area contributed by atoms with Crippen LogP contribution in [0.1, 0.15) is 45.4 Å². The summed E-state index contributed by atoms with van der Waals surface area (Å²) in [4.78, 5) is 21.4. The van der Waals surface area contributed by atoms with Crippen LogP contribution in [0.2, 0.25) is 0 Å². The van der Waals surface area contributed by atoms with Gasteiger partial charge in [-0.2, -0.15) is 0 Å². The highest BCUT2D eigenvalue weighted by Crippen LogP contribution is 2.37. The predicted molar refractivity (Wildman–Crippen MR) is 112 cm³/mol. The molecule has 4 rings (SSSR count). The minimum absolute atomic E-state index is 0.0858. The number of nitrogens with zero attached hydrogens (tertiary/aromatic N) is 4. The topological polar surface area (TPSA) is 53.4 Å². The van der Waals surface area contributed by atoms with Gasteiger partial charge in [0.1, 0.15) is 5.82 Å². The average Bonchev–Trinajstić information content (AvgIpc) is 3.15. The molecule has 2 saturated heterocycles. The second-order valence-electron chi connectivity index (χ2n) is 8.65. The van der Waals surface area contributed by atoms with Gasteiger partial charge in [-0.1, -0.05) is 19.1 Å². The molecule has 1 N–H and O–H groups in total. The number of benzene rings is 1. The van der Waals surface area contributed by atoms with Gasteiger partial charge in [-0.25, -0.2) is 4.98 Å². The van der Waals surface area contributed by atoms with Crippen LogP contribution in [0.4, 0.5) is 0 Å². The Morgan fingerprint density at radius 2 is 2.04 bits per heavy atom. The molecule has 6 nitrogen and oxygen atoms in total. The van der Waals surface area contributed by atoms with E-state index in [2.05, 4.69) is 57.9 Å². The summed E-state index contributed by atoms with van der Waals surface area (Å²) in [7, 11) is 2.22. The number of hydrogen-bond acceptors (Lipinski definition) is 4. The molecule has 0 bridgehead atoms. The minimum atomic E-state index is 0.0858. The molecule has 1 aromatic heterocycles. The third-order valence-corrected chi connectivity index (χ3v) is 6.67. The lowest BCUT2D eigenvalue weighted by Gasteiger charge is -2.43. The molecule has 1 amide bonds. The molecule has 0 unspecified atom stereocenters. The number of likely N-dealkylation sites (N-methyl/N-ethyl adjacent to an activating group) is 1. The number of aromatic nitrogens is 2. The predicted octanol–water partition coefficient (Wildman–Crippen LogP) is 2.62. The van der Waals surface area contributed by atoms with Crippen molar-refractivity contribution < 1.29 is 4.79 Å². The second-order valence-corrected chi connectivity index (χ2v) is 8.65. The maximum Gasteiger partial charge on any atom is 0.217 e. The summed E-state index contributed by atoms with van der Waals surface area (Å²) in [6.45, 7) is 8.93. The van der Waals surface area contributed by atoms with E-state index in [1.54, 1.807) is 6.92 Å². The largest absolute Gasteiger partial charge is 0.352 e. The van der Waals surface area contributed by atoms with Gasteiger partial charge in [0, 0.05) is 44.7 Å². The molecule has 2 aliphatic heterocycles. The van der Waals surface area contributed by atoms with Crippen molar-refractivity contribution in [2.24, 2.45) is 0 Å². The van der Waals surface area contributed by atoms with Gasteiger partial charge < -0.3 is 9.88 Å². The van der Waals surface area contributed by atoms with Gasteiger partial charge in [0.05, 0.1) is 17.6 Å². The van der Waals surface area contributed by atoms with Gasteiger partial charge in [0.25, 0.3) is 0 Å². The smallest absolute Gasteiger partial charge is 0.217 e. The summed E-state index contributed by atoms with van der Waals surface area (Å²) in [5.74, 6) is 1.28. The van der Waals surface area contributed by atoms with E-state index in [0.29, 0.717) is 6.04 Å². The number of aryl methyl sites for hydroxylation is 1. The number of carbonyl (C=O) groups excluding carboxylic acids is 1. The Labute approximate surface area is 167 Å². The van der Waals surface area contributed by atoms with Crippen LogP contribution in [0, 0.1) is 0 Å². The highest BCUT2D eigenvalue weighted by Gasteiger charge is 2.45. The van der Waals surface area contributed by atoms with E-state index in [1.807, 2.05) is 0 Å². The number of para-hydroxylation sites is 2. The van der Waals surface area contributed by atoms with E-state index in [-0.39, 0.29) is 11.4 Å². The van der Waals surface area contributed by atoms with E-state index in [1.165, 1.54) is 11.3 Å². The monoisotopic (exact) mass is 383 g/mol. The highest BCUT2D eigenvalue weighted by molar-refractivity contribution is 5.75. The number of nitrogens with one attached hydrogen (secondary N) is 1. The molecule has 6 heteroatoms. The summed E-state index contributed by atoms with van der Waals surface area (Å²) in [6.07, 6.45) is 4.51. The van der Waals surface area contributed by atoms with Gasteiger partial charge in [-0.15, -0.1) is 0 Å². The molecule has 152 valence electrons. The van der Waals surface area contributed by atoms with Crippen LogP contribution in [-0.2, 0) is 17.9 Å². The van der Waals surface area contributed by atoms with Gasteiger partial charge >= 0.3 is 0 Å². The molecule has 0 saturated carbocycles. The van der Waals surface area contributed by atoms with Crippen molar-refractivity contribution in [1.29, 1.82) is 0 Å². The third-order valence-electron chi connectivity index (χ3n) is 6.67. The van der Waals surface area contributed by atoms with Crippen molar-refractivity contribution >= 4 is 16.9 Å². The zero-order valence-electron chi connectivity index (χ0n) is 17.4. The normalized spacial score (nSPS) is 22.9.